The molecule has 0 saturated heterocycles. The zero-order chi connectivity index (χ0) is 13.1. The van der Waals surface area contributed by atoms with Crippen LogP contribution in [0.4, 0.5) is 4.39 Å². The van der Waals surface area contributed by atoms with Gasteiger partial charge < -0.3 is 4.90 Å². The summed E-state index contributed by atoms with van der Waals surface area (Å²) < 4.78 is 13.4. The number of nitrogens with zero attached hydrogens (tertiary/aromatic N) is 1. The number of carbonyl (C=O) groups is 1. The molecule has 0 aromatic heterocycles. The Morgan fingerprint density at radius 1 is 1.44 bits per heavy atom. The zero-order valence-electron chi connectivity index (χ0n) is 11.0. The Kier molecular flexibility index (Phi) is 4.00. The maximum atomic E-state index is 13.4. The van der Waals surface area contributed by atoms with E-state index in [9.17, 15) is 9.18 Å². The number of carbonyl (C=O) groups excluding carboxylic acids is 1. The van der Waals surface area contributed by atoms with Crippen LogP contribution in [0.15, 0.2) is 24.3 Å². The topological polar surface area (TPSA) is 20.3 Å². The SMILES string of the molecule is CC(C1CC1)N(C)C(=O)CCc1ccccc1F. The van der Waals surface area contributed by atoms with Crippen LogP contribution in [0.1, 0.15) is 31.7 Å². The van der Waals surface area contributed by atoms with Crippen molar-refractivity contribution in [1.82, 2.24) is 4.90 Å². The van der Waals surface area contributed by atoms with Crippen molar-refractivity contribution in [2.45, 2.75) is 38.6 Å². The molecule has 0 spiro atoms. The van der Waals surface area contributed by atoms with Crippen molar-refractivity contribution in [3.05, 3.63) is 35.6 Å². The molecule has 0 N–H and O–H groups in total. The third-order valence-corrected chi connectivity index (χ3v) is 3.87. The maximum absolute atomic E-state index is 13.4. The van der Waals surface area contributed by atoms with Crippen LogP contribution in [0.25, 0.3) is 0 Å². The fraction of sp³-hybridized carbons (Fsp3) is 0.533. The van der Waals surface area contributed by atoms with Crippen LogP contribution < -0.4 is 0 Å². The van der Waals surface area contributed by atoms with Gasteiger partial charge in [0.05, 0.1) is 0 Å². The summed E-state index contributed by atoms with van der Waals surface area (Å²) in [5, 5.41) is 0. The van der Waals surface area contributed by atoms with Gasteiger partial charge in [0.1, 0.15) is 5.82 Å². The van der Waals surface area contributed by atoms with Gasteiger partial charge in [0.15, 0.2) is 0 Å². The smallest absolute Gasteiger partial charge is 0.222 e. The van der Waals surface area contributed by atoms with Crippen molar-refractivity contribution in [2.24, 2.45) is 5.92 Å². The minimum absolute atomic E-state index is 0.109. The fourth-order valence-corrected chi connectivity index (χ4v) is 2.24. The first-order valence-electron chi connectivity index (χ1n) is 6.58. The lowest BCUT2D eigenvalue weighted by atomic mass is 10.1. The van der Waals surface area contributed by atoms with Crippen molar-refractivity contribution < 1.29 is 9.18 Å². The molecule has 1 amide bonds. The molecule has 0 aliphatic heterocycles. The number of amides is 1. The van der Waals surface area contributed by atoms with Gasteiger partial charge in [-0.2, -0.15) is 0 Å². The molecule has 1 aromatic carbocycles. The van der Waals surface area contributed by atoms with Gasteiger partial charge in [-0.1, -0.05) is 18.2 Å². The summed E-state index contributed by atoms with van der Waals surface area (Å²) in [5.74, 6) is 0.563. The van der Waals surface area contributed by atoms with Gasteiger partial charge in [-0.15, -0.1) is 0 Å². The van der Waals surface area contributed by atoms with E-state index >= 15 is 0 Å². The molecule has 18 heavy (non-hydrogen) atoms. The number of hydrogen-bond acceptors (Lipinski definition) is 1. The summed E-state index contributed by atoms with van der Waals surface area (Å²) in [6.45, 7) is 2.10. The zero-order valence-corrected chi connectivity index (χ0v) is 11.0. The third kappa shape index (κ3) is 3.09. The average Bonchev–Trinajstić information content (AvgIpc) is 3.20. The van der Waals surface area contributed by atoms with Crippen LogP contribution in [-0.4, -0.2) is 23.9 Å². The normalized spacial score (nSPS) is 16.4. The van der Waals surface area contributed by atoms with E-state index in [4.69, 9.17) is 0 Å². The highest BCUT2D eigenvalue weighted by Crippen LogP contribution is 2.34. The van der Waals surface area contributed by atoms with Crippen molar-refractivity contribution in [1.29, 1.82) is 0 Å². The standard InChI is InChI=1S/C15H20FNO/c1-11(12-7-8-12)17(2)15(18)10-9-13-5-3-4-6-14(13)16/h3-6,11-12H,7-10H2,1-2H3. The van der Waals surface area contributed by atoms with Crippen LogP contribution in [0.3, 0.4) is 0 Å². The van der Waals surface area contributed by atoms with Gasteiger partial charge in [0, 0.05) is 19.5 Å². The first kappa shape index (κ1) is 13.1. The molecule has 1 aliphatic carbocycles. The van der Waals surface area contributed by atoms with E-state index in [0.717, 1.165) is 0 Å². The van der Waals surface area contributed by atoms with Crippen molar-refractivity contribution >= 4 is 5.91 Å². The second kappa shape index (κ2) is 5.51. The van der Waals surface area contributed by atoms with Crippen LogP contribution >= 0.6 is 0 Å². The molecule has 2 rings (SSSR count). The second-order valence-corrected chi connectivity index (χ2v) is 5.17. The molecule has 0 heterocycles. The summed E-state index contributed by atoms with van der Waals surface area (Å²) in [5.41, 5.74) is 0.623. The molecule has 2 nitrogen and oxygen atoms in total. The largest absolute Gasteiger partial charge is 0.343 e. The maximum Gasteiger partial charge on any atom is 0.222 e. The highest BCUT2D eigenvalue weighted by Gasteiger charge is 2.32. The van der Waals surface area contributed by atoms with Crippen molar-refractivity contribution in [3.8, 4) is 0 Å². The van der Waals surface area contributed by atoms with E-state index in [1.165, 1.54) is 18.9 Å². The lowest BCUT2D eigenvalue weighted by Gasteiger charge is -2.25. The summed E-state index contributed by atoms with van der Waals surface area (Å²) in [6.07, 6.45) is 3.32. The Bertz CT molecular complexity index is 428. The molecule has 1 saturated carbocycles. The van der Waals surface area contributed by atoms with E-state index in [-0.39, 0.29) is 11.7 Å². The minimum Gasteiger partial charge on any atom is -0.343 e. The first-order valence-corrected chi connectivity index (χ1v) is 6.58. The van der Waals surface area contributed by atoms with E-state index < -0.39 is 0 Å². The van der Waals surface area contributed by atoms with Gasteiger partial charge in [-0.3, -0.25) is 4.79 Å². The van der Waals surface area contributed by atoms with Gasteiger partial charge >= 0.3 is 0 Å². The number of hydrogen-bond donors (Lipinski definition) is 0. The molecule has 0 bridgehead atoms. The molecule has 1 fully saturated rings. The van der Waals surface area contributed by atoms with Crippen LogP contribution in [0.2, 0.25) is 0 Å². The molecule has 0 radical (unpaired) electrons. The lowest BCUT2D eigenvalue weighted by molar-refractivity contribution is -0.132. The predicted octanol–water partition coefficient (Wildman–Crippen LogP) is 3.02. The molecular weight excluding hydrogens is 229 g/mol. The third-order valence-electron chi connectivity index (χ3n) is 3.87. The van der Waals surface area contributed by atoms with Gasteiger partial charge in [0.25, 0.3) is 0 Å². The minimum atomic E-state index is -0.219. The molecule has 1 unspecified atom stereocenters. The summed E-state index contributed by atoms with van der Waals surface area (Å²) in [6, 6.07) is 6.98. The van der Waals surface area contributed by atoms with Crippen molar-refractivity contribution in [2.75, 3.05) is 7.05 Å². The lowest BCUT2D eigenvalue weighted by Crippen LogP contribution is -2.36. The first-order chi connectivity index (χ1) is 8.59. The summed E-state index contributed by atoms with van der Waals surface area (Å²) >= 11 is 0. The number of halogens is 1. The quantitative estimate of drug-likeness (QED) is 0.785. The predicted molar refractivity (Wildman–Crippen MR) is 69.7 cm³/mol. The highest BCUT2D eigenvalue weighted by molar-refractivity contribution is 5.76. The summed E-state index contributed by atoms with van der Waals surface area (Å²) in [4.78, 5) is 13.8. The Morgan fingerprint density at radius 2 is 2.11 bits per heavy atom. The number of aryl methyl sites for hydroxylation is 1. The monoisotopic (exact) mass is 249 g/mol. The fourth-order valence-electron chi connectivity index (χ4n) is 2.24. The Labute approximate surface area is 108 Å². The van der Waals surface area contributed by atoms with Gasteiger partial charge in [-0.05, 0) is 43.7 Å². The second-order valence-electron chi connectivity index (χ2n) is 5.17. The number of benzene rings is 1. The number of rotatable bonds is 5. The Hall–Kier alpha value is -1.38. The Morgan fingerprint density at radius 3 is 2.72 bits per heavy atom. The van der Waals surface area contributed by atoms with Gasteiger partial charge in [-0.25, -0.2) is 4.39 Å². The van der Waals surface area contributed by atoms with Crippen LogP contribution in [0.5, 0.6) is 0 Å². The van der Waals surface area contributed by atoms with Crippen LogP contribution in [-0.2, 0) is 11.2 Å². The van der Waals surface area contributed by atoms with E-state index in [1.54, 1.807) is 18.2 Å². The molecule has 1 aliphatic rings. The molecule has 1 aromatic rings. The molecular formula is C15H20FNO. The summed E-state index contributed by atoms with van der Waals surface area (Å²) in [7, 11) is 1.85. The van der Waals surface area contributed by atoms with Crippen LogP contribution in [0, 0.1) is 11.7 Å². The van der Waals surface area contributed by atoms with E-state index in [2.05, 4.69) is 6.92 Å². The van der Waals surface area contributed by atoms with Crippen molar-refractivity contribution in [3.63, 3.8) is 0 Å². The molecule has 98 valence electrons. The van der Waals surface area contributed by atoms with Gasteiger partial charge in [0.2, 0.25) is 5.91 Å². The average molecular weight is 249 g/mol. The Balaban J connectivity index is 1.86. The molecule has 3 heteroatoms. The van der Waals surface area contributed by atoms with E-state index in [1.807, 2.05) is 11.9 Å². The molecule has 1 atom stereocenters. The highest BCUT2D eigenvalue weighted by atomic mass is 19.1. The van der Waals surface area contributed by atoms with E-state index in [0.29, 0.717) is 30.4 Å².